The standard InChI is InChI=1S/C17H16ClFN2O3S/c18-15-8-3-12(17(22)20-14-6-4-13(19)5-7-14)11-16(15)25(23,24)21-9-1-2-10-21/h3-8,11H,1-2,9-10H2,(H,20,22). The van der Waals surface area contributed by atoms with E-state index in [4.69, 9.17) is 11.6 Å². The predicted molar refractivity (Wildman–Crippen MR) is 93.8 cm³/mol. The number of carbonyl (C=O) groups excluding carboxylic acids is 1. The fourth-order valence-electron chi connectivity index (χ4n) is 2.65. The number of halogens is 2. The fourth-order valence-corrected chi connectivity index (χ4v) is 4.66. The van der Waals surface area contributed by atoms with Gasteiger partial charge in [0.05, 0.1) is 5.02 Å². The Balaban J connectivity index is 1.88. The molecule has 1 N–H and O–H groups in total. The number of benzene rings is 2. The molecule has 1 saturated heterocycles. The highest BCUT2D eigenvalue weighted by atomic mass is 35.5. The fraction of sp³-hybridized carbons (Fsp3) is 0.235. The molecule has 1 aliphatic rings. The van der Waals surface area contributed by atoms with Gasteiger partial charge >= 0.3 is 0 Å². The Labute approximate surface area is 150 Å². The van der Waals surface area contributed by atoms with Gasteiger partial charge in [-0.1, -0.05) is 11.6 Å². The molecule has 1 amide bonds. The normalized spacial score (nSPS) is 15.3. The van der Waals surface area contributed by atoms with Gasteiger partial charge in [-0.05, 0) is 55.3 Å². The molecule has 0 saturated carbocycles. The van der Waals surface area contributed by atoms with Gasteiger partial charge in [0.1, 0.15) is 10.7 Å². The number of nitrogens with one attached hydrogen (secondary N) is 1. The molecule has 1 heterocycles. The van der Waals surface area contributed by atoms with Gasteiger partial charge in [-0.25, -0.2) is 12.8 Å². The SMILES string of the molecule is O=C(Nc1ccc(F)cc1)c1ccc(Cl)c(S(=O)(=O)N2CCCC2)c1. The van der Waals surface area contributed by atoms with Crippen LogP contribution in [0.3, 0.4) is 0 Å². The Kier molecular flexibility index (Phi) is 5.08. The van der Waals surface area contributed by atoms with E-state index >= 15 is 0 Å². The average molecular weight is 383 g/mol. The summed E-state index contributed by atoms with van der Waals surface area (Å²) in [4.78, 5) is 12.3. The van der Waals surface area contributed by atoms with Crippen LogP contribution in [-0.2, 0) is 10.0 Å². The van der Waals surface area contributed by atoms with Gasteiger partial charge in [0.2, 0.25) is 10.0 Å². The van der Waals surface area contributed by atoms with E-state index in [-0.39, 0.29) is 15.5 Å². The van der Waals surface area contributed by atoms with Crippen molar-refractivity contribution in [3.05, 3.63) is 58.9 Å². The average Bonchev–Trinajstić information content (AvgIpc) is 3.12. The molecule has 2 aromatic rings. The third-order valence-electron chi connectivity index (χ3n) is 3.98. The summed E-state index contributed by atoms with van der Waals surface area (Å²) < 4.78 is 39.7. The van der Waals surface area contributed by atoms with E-state index in [9.17, 15) is 17.6 Å². The van der Waals surface area contributed by atoms with Gasteiger partial charge in [0.25, 0.3) is 5.91 Å². The lowest BCUT2D eigenvalue weighted by atomic mass is 10.2. The highest BCUT2D eigenvalue weighted by molar-refractivity contribution is 7.89. The zero-order valence-electron chi connectivity index (χ0n) is 13.2. The van der Waals surface area contributed by atoms with Crippen LogP contribution in [0.15, 0.2) is 47.4 Å². The van der Waals surface area contributed by atoms with Crippen molar-refractivity contribution >= 4 is 33.2 Å². The summed E-state index contributed by atoms with van der Waals surface area (Å²) in [6.07, 6.45) is 1.61. The van der Waals surface area contributed by atoms with Crippen LogP contribution < -0.4 is 5.32 Å². The van der Waals surface area contributed by atoms with E-state index in [0.29, 0.717) is 18.8 Å². The van der Waals surface area contributed by atoms with E-state index in [0.717, 1.165) is 12.8 Å². The minimum absolute atomic E-state index is 0.0743. The molecule has 0 aliphatic carbocycles. The van der Waals surface area contributed by atoms with Crippen LogP contribution in [0.1, 0.15) is 23.2 Å². The van der Waals surface area contributed by atoms with E-state index in [1.54, 1.807) is 0 Å². The number of carbonyl (C=O) groups is 1. The lowest BCUT2D eigenvalue weighted by molar-refractivity contribution is 0.102. The van der Waals surface area contributed by atoms with E-state index in [1.165, 1.54) is 46.8 Å². The largest absolute Gasteiger partial charge is 0.322 e. The highest BCUT2D eigenvalue weighted by Gasteiger charge is 2.29. The molecule has 0 spiro atoms. The zero-order chi connectivity index (χ0) is 18.0. The van der Waals surface area contributed by atoms with Crippen LogP contribution in [-0.4, -0.2) is 31.7 Å². The topological polar surface area (TPSA) is 66.5 Å². The molecular weight excluding hydrogens is 367 g/mol. The number of nitrogens with zero attached hydrogens (tertiary/aromatic N) is 1. The van der Waals surface area contributed by atoms with E-state index < -0.39 is 21.7 Å². The summed E-state index contributed by atoms with van der Waals surface area (Å²) in [5, 5.41) is 2.67. The van der Waals surface area contributed by atoms with E-state index in [1.807, 2.05) is 0 Å². The monoisotopic (exact) mass is 382 g/mol. The molecule has 1 fully saturated rings. The summed E-state index contributed by atoms with van der Waals surface area (Å²) in [6.45, 7) is 0.898. The second-order valence-electron chi connectivity index (χ2n) is 5.72. The van der Waals surface area contributed by atoms with Gasteiger partial charge < -0.3 is 5.32 Å². The number of sulfonamides is 1. The molecular formula is C17H16ClFN2O3S. The maximum atomic E-state index is 12.9. The molecule has 132 valence electrons. The first kappa shape index (κ1) is 17.8. The number of hydrogen-bond acceptors (Lipinski definition) is 3. The smallest absolute Gasteiger partial charge is 0.255 e. The van der Waals surface area contributed by atoms with Crippen LogP contribution in [0.5, 0.6) is 0 Å². The van der Waals surface area contributed by atoms with Gasteiger partial charge in [-0.3, -0.25) is 4.79 Å². The highest BCUT2D eigenvalue weighted by Crippen LogP contribution is 2.28. The summed E-state index contributed by atoms with van der Waals surface area (Å²) in [6, 6.07) is 9.40. The Morgan fingerprint density at radius 2 is 1.72 bits per heavy atom. The van der Waals surface area contributed by atoms with Crippen molar-refractivity contribution < 1.29 is 17.6 Å². The van der Waals surface area contributed by atoms with Crippen molar-refractivity contribution in [2.75, 3.05) is 18.4 Å². The van der Waals surface area contributed by atoms with Gasteiger partial charge in [0, 0.05) is 24.3 Å². The summed E-state index contributed by atoms with van der Waals surface area (Å²) in [5.74, 6) is -0.912. The summed E-state index contributed by atoms with van der Waals surface area (Å²) >= 11 is 6.06. The maximum Gasteiger partial charge on any atom is 0.255 e. The summed E-state index contributed by atoms with van der Waals surface area (Å²) in [5.41, 5.74) is 0.566. The molecule has 5 nitrogen and oxygen atoms in total. The van der Waals surface area contributed by atoms with Crippen molar-refractivity contribution in [3.63, 3.8) is 0 Å². The molecule has 25 heavy (non-hydrogen) atoms. The quantitative estimate of drug-likeness (QED) is 0.879. The number of hydrogen-bond donors (Lipinski definition) is 1. The lowest BCUT2D eigenvalue weighted by Crippen LogP contribution is -2.28. The lowest BCUT2D eigenvalue weighted by Gasteiger charge is -2.17. The minimum Gasteiger partial charge on any atom is -0.322 e. The maximum absolute atomic E-state index is 12.9. The van der Waals surface area contributed by atoms with Gasteiger partial charge in [0.15, 0.2) is 0 Å². The first-order chi connectivity index (χ1) is 11.9. The third kappa shape index (κ3) is 3.84. The predicted octanol–water partition coefficient (Wildman–Crippen LogP) is 3.52. The summed E-state index contributed by atoms with van der Waals surface area (Å²) in [7, 11) is -3.73. The van der Waals surface area contributed by atoms with E-state index in [2.05, 4.69) is 5.32 Å². The van der Waals surface area contributed by atoms with Crippen LogP contribution in [0, 0.1) is 5.82 Å². The van der Waals surface area contributed by atoms with Crippen molar-refractivity contribution in [2.24, 2.45) is 0 Å². The van der Waals surface area contributed by atoms with Crippen LogP contribution in [0.4, 0.5) is 10.1 Å². The Bertz CT molecular complexity index is 895. The third-order valence-corrected chi connectivity index (χ3v) is 6.36. The van der Waals surface area contributed by atoms with Crippen LogP contribution in [0.2, 0.25) is 5.02 Å². The van der Waals surface area contributed by atoms with Crippen molar-refractivity contribution in [1.29, 1.82) is 0 Å². The Hall–Kier alpha value is -1.96. The second-order valence-corrected chi connectivity index (χ2v) is 8.03. The van der Waals surface area contributed by atoms with Gasteiger partial charge in [-0.2, -0.15) is 4.31 Å². The first-order valence-electron chi connectivity index (χ1n) is 7.74. The van der Waals surface area contributed by atoms with Crippen LogP contribution in [0.25, 0.3) is 0 Å². The number of anilines is 1. The zero-order valence-corrected chi connectivity index (χ0v) is 14.8. The molecule has 0 aromatic heterocycles. The molecule has 0 radical (unpaired) electrons. The van der Waals surface area contributed by atoms with Crippen LogP contribution >= 0.6 is 11.6 Å². The molecule has 8 heteroatoms. The molecule has 0 atom stereocenters. The van der Waals surface area contributed by atoms with Crippen molar-refractivity contribution in [3.8, 4) is 0 Å². The van der Waals surface area contributed by atoms with Crippen molar-refractivity contribution in [2.45, 2.75) is 17.7 Å². The Morgan fingerprint density at radius 1 is 1.08 bits per heavy atom. The molecule has 2 aromatic carbocycles. The second kappa shape index (κ2) is 7.11. The number of rotatable bonds is 4. The first-order valence-corrected chi connectivity index (χ1v) is 9.56. The number of amides is 1. The molecule has 3 rings (SSSR count). The minimum atomic E-state index is -3.73. The van der Waals surface area contributed by atoms with Crippen molar-refractivity contribution in [1.82, 2.24) is 4.31 Å². The molecule has 0 unspecified atom stereocenters. The molecule has 1 aliphatic heterocycles. The Morgan fingerprint density at radius 3 is 2.36 bits per heavy atom. The molecule has 0 bridgehead atoms. The van der Waals surface area contributed by atoms with Gasteiger partial charge in [-0.15, -0.1) is 0 Å².